The summed E-state index contributed by atoms with van der Waals surface area (Å²) in [4.78, 5) is 26.1. The molecule has 2 N–H and O–H groups in total. The first-order valence-electron chi connectivity index (χ1n) is 8.47. The highest BCUT2D eigenvalue weighted by atomic mass is 16.5. The number of ether oxygens (including phenoxy) is 1. The summed E-state index contributed by atoms with van der Waals surface area (Å²) < 4.78 is 5.25. The lowest BCUT2D eigenvalue weighted by Gasteiger charge is -2.34. The lowest BCUT2D eigenvalue weighted by Crippen LogP contribution is -2.50. The first-order valence-corrected chi connectivity index (χ1v) is 8.47. The molecule has 1 fully saturated rings. The van der Waals surface area contributed by atoms with Crippen LogP contribution in [0.5, 0.6) is 0 Å². The van der Waals surface area contributed by atoms with E-state index in [0.29, 0.717) is 26.3 Å². The molecule has 6 heteroatoms. The minimum absolute atomic E-state index is 0.0629. The van der Waals surface area contributed by atoms with E-state index < -0.39 is 0 Å². The van der Waals surface area contributed by atoms with E-state index in [2.05, 4.69) is 15.5 Å². The SMILES string of the molecule is CCNC(=O)C1CCN(C(C)C(=O)NCCCOCC)CC1. The number of amides is 2. The van der Waals surface area contributed by atoms with Gasteiger partial charge in [-0.3, -0.25) is 14.5 Å². The van der Waals surface area contributed by atoms with Crippen molar-refractivity contribution >= 4 is 11.8 Å². The summed E-state index contributed by atoms with van der Waals surface area (Å²) in [6.45, 7) is 10.2. The number of rotatable bonds is 9. The van der Waals surface area contributed by atoms with E-state index in [1.807, 2.05) is 20.8 Å². The van der Waals surface area contributed by atoms with Crippen molar-refractivity contribution in [3.05, 3.63) is 0 Å². The lowest BCUT2D eigenvalue weighted by atomic mass is 9.95. The van der Waals surface area contributed by atoms with Crippen molar-refractivity contribution in [2.45, 2.75) is 46.1 Å². The Morgan fingerprint density at radius 3 is 2.50 bits per heavy atom. The molecule has 0 aliphatic carbocycles. The van der Waals surface area contributed by atoms with E-state index in [1.165, 1.54) is 0 Å². The maximum Gasteiger partial charge on any atom is 0.237 e. The Morgan fingerprint density at radius 1 is 1.23 bits per heavy atom. The summed E-state index contributed by atoms with van der Waals surface area (Å²) >= 11 is 0. The molecular weight excluding hydrogens is 282 g/mol. The Bertz CT molecular complexity index is 342. The van der Waals surface area contributed by atoms with Gasteiger partial charge in [0, 0.05) is 32.2 Å². The molecule has 1 rings (SSSR count). The molecule has 1 unspecified atom stereocenters. The highest BCUT2D eigenvalue weighted by Crippen LogP contribution is 2.19. The van der Waals surface area contributed by atoms with Gasteiger partial charge in [-0.05, 0) is 53.1 Å². The third-order valence-corrected chi connectivity index (χ3v) is 4.15. The van der Waals surface area contributed by atoms with Gasteiger partial charge in [-0.2, -0.15) is 0 Å². The molecule has 0 radical (unpaired) electrons. The number of nitrogens with one attached hydrogen (secondary N) is 2. The van der Waals surface area contributed by atoms with Gasteiger partial charge in [0.1, 0.15) is 0 Å². The third-order valence-electron chi connectivity index (χ3n) is 4.15. The maximum atomic E-state index is 12.1. The van der Waals surface area contributed by atoms with E-state index in [1.54, 1.807) is 0 Å². The number of nitrogens with zero attached hydrogens (tertiary/aromatic N) is 1. The van der Waals surface area contributed by atoms with Crippen LogP contribution in [-0.2, 0) is 14.3 Å². The first-order chi connectivity index (χ1) is 10.6. The molecule has 0 spiro atoms. The van der Waals surface area contributed by atoms with Gasteiger partial charge in [0.25, 0.3) is 0 Å². The Kier molecular flexibility index (Phi) is 9.08. The van der Waals surface area contributed by atoms with Gasteiger partial charge in [0.15, 0.2) is 0 Å². The van der Waals surface area contributed by atoms with Crippen molar-refractivity contribution in [2.24, 2.45) is 5.92 Å². The predicted octanol–water partition coefficient (Wildman–Crippen LogP) is 0.766. The van der Waals surface area contributed by atoms with Gasteiger partial charge in [0.2, 0.25) is 11.8 Å². The zero-order valence-electron chi connectivity index (χ0n) is 14.2. The highest BCUT2D eigenvalue weighted by molar-refractivity contribution is 5.81. The van der Waals surface area contributed by atoms with Gasteiger partial charge >= 0.3 is 0 Å². The molecule has 0 aromatic rings. The molecule has 0 bridgehead atoms. The van der Waals surface area contributed by atoms with Gasteiger partial charge in [-0.1, -0.05) is 0 Å². The zero-order valence-corrected chi connectivity index (χ0v) is 14.2. The van der Waals surface area contributed by atoms with Gasteiger partial charge < -0.3 is 15.4 Å². The number of piperidine rings is 1. The van der Waals surface area contributed by atoms with Gasteiger partial charge in [-0.15, -0.1) is 0 Å². The first kappa shape index (κ1) is 18.9. The fourth-order valence-electron chi connectivity index (χ4n) is 2.71. The minimum Gasteiger partial charge on any atom is -0.382 e. The van der Waals surface area contributed by atoms with Crippen molar-refractivity contribution in [3.63, 3.8) is 0 Å². The molecule has 0 saturated carbocycles. The smallest absolute Gasteiger partial charge is 0.237 e. The van der Waals surface area contributed by atoms with Crippen LogP contribution >= 0.6 is 0 Å². The highest BCUT2D eigenvalue weighted by Gasteiger charge is 2.29. The molecule has 22 heavy (non-hydrogen) atoms. The molecule has 1 heterocycles. The Hall–Kier alpha value is -1.14. The molecule has 1 aliphatic heterocycles. The number of likely N-dealkylation sites (tertiary alicyclic amines) is 1. The topological polar surface area (TPSA) is 70.7 Å². The Balaban J connectivity index is 2.25. The van der Waals surface area contributed by atoms with Crippen LogP contribution in [0.3, 0.4) is 0 Å². The van der Waals surface area contributed by atoms with Crippen LogP contribution < -0.4 is 10.6 Å². The largest absolute Gasteiger partial charge is 0.382 e. The lowest BCUT2D eigenvalue weighted by molar-refractivity contribution is -0.128. The Labute approximate surface area is 134 Å². The molecule has 1 aliphatic rings. The molecule has 1 atom stereocenters. The van der Waals surface area contributed by atoms with E-state index in [4.69, 9.17) is 4.74 Å². The van der Waals surface area contributed by atoms with Gasteiger partial charge in [0.05, 0.1) is 6.04 Å². The monoisotopic (exact) mass is 313 g/mol. The van der Waals surface area contributed by atoms with Gasteiger partial charge in [-0.25, -0.2) is 0 Å². The summed E-state index contributed by atoms with van der Waals surface area (Å²) in [5.74, 6) is 0.306. The van der Waals surface area contributed by atoms with Crippen LogP contribution in [0.25, 0.3) is 0 Å². The average Bonchev–Trinajstić information content (AvgIpc) is 2.54. The van der Waals surface area contributed by atoms with Crippen molar-refractivity contribution in [2.75, 3.05) is 39.4 Å². The fraction of sp³-hybridized carbons (Fsp3) is 0.875. The van der Waals surface area contributed by atoms with Crippen molar-refractivity contribution in [1.82, 2.24) is 15.5 Å². The number of hydrogen-bond acceptors (Lipinski definition) is 4. The molecule has 0 aromatic heterocycles. The third kappa shape index (κ3) is 6.32. The average molecular weight is 313 g/mol. The van der Waals surface area contributed by atoms with Crippen molar-refractivity contribution in [3.8, 4) is 0 Å². The summed E-state index contributed by atoms with van der Waals surface area (Å²) in [6, 6.07) is -0.137. The van der Waals surface area contributed by atoms with Crippen LogP contribution in [0.15, 0.2) is 0 Å². The quantitative estimate of drug-likeness (QED) is 0.617. The number of hydrogen-bond donors (Lipinski definition) is 2. The standard InChI is InChI=1S/C16H31N3O3/c1-4-17-16(21)14-7-10-19(11-8-14)13(3)15(20)18-9-6-12-22-5-2/h13-14H,4-12H2,1-3H3,(H,17,21)(H,18,20). The molecule has 128 valence electrons. The van der Waals surface area contributed by atoms with E-state index in [0.717, 1.165) is 32.4 Å². The van der Waals surface area contributed by atoms with Crippen LogP contribution in [0.1, 0.15) is 40.0 Å². The molecule has 1 saturated heterocycles. The molecule has 0 aromatic carbocycles. The van der Waals surface area contributed by atoms with Crippen LogP contribution in [0, 0.1) is 5.92 Å². The van der Waals surface area contributed by atoms with Crippen LogP contribution in [0.4, 0.5) is 0 Å². The van der Waals surface area contributed by atoms with Crippen LogP contribution in [-0.4, -0.2) is 62.1 Å². The predicted molar refractivity (Wildman–Crippen MR) is 86.6 cm³/mol. The second-order valence-corrected chi connectivity index (χ2v) is 5.72. The van der Waals surface area contributed by atoms with Crippen LogP contribution in [0.2, 0.25) is 0 Å². The molecular formula is C16H31N3O3. The van der Waals surface area contributed by atoms with E-state index in [-0.39, 0.29) is 23.8 Å². The van der Waals surface area contributed by atoms with Crippen molar-refractivity contribution in [1.29, 1.82) is 0 Å². The zero-order chi connectivity index (χ0) is 16.4. The number of carbonyl (C=O) groups excluding carboxylic acids is 2. The fourth-order valence-corrected chi connectivity index (χ4v) is 2.71. The second kappa shape index (κ2) is 10.6. The summed E-state index contributed by atoms with van der Waals surface area (Å²) in [5.41, 5.74) is 0. The Morgan fingerprint density at radius 2 is 1.91 bits per heavy atom. The summed E-state index contributed by atoms with van der Waals surface area (Å²) in [5, 5.41) is 5.83. The number of carbonyl (C=O) groups is 2. The maximum absolute atomic E-state index is 12.1. The van der Waals surface area contributed by atoms with E-state index >= 15 is 0 Å². The van der Waals surface area contributed by atoms with Crippen molar-refractivity contribution < 1.29 is 14.3 Å². The van der Waals surface area contributed by atoms with E-state index in [9.17, 15) is 9.59 Å². The normalized spacial score (nSPS) is 18.0. The summed E-state index contributed by atoms with van der Waals surface area (Å²) in [6.07, 6.45) is 2.49. The molecule has 6 nitrogen and oxygen atoms in total. The summed E-state index contributed by atoms with van der Waals surface area (Å²) in [7, 11) is 0. The minimum atomic E-state index is -0.137. The second-order valence-electron chi connectivity index (χ2n) is 5.72. The molecule has 2 amide bonds.